The number of benzene rings is 2. The van der Waals surface area contributed by atoms with E-state index in [1.165, 1.54) is 19.1 Å². The third kappa shape index (κ3) is 2.48. The predicted octanol–water partition coefficient (Wildman–Crippen LogP) is 5.78. The summed E-state index contributed by atoms with van der Waals surface area (Å²) < 4.78 is 27.5. The van der Waals surface area contributed by atoms with Gasteiger partial charge in [0, 0.05) is 16.5 Å². The maximum absolute atomic E-state index is 13.7. The Morgan fingerprint density at radius 1 is 1.09 bits per heavy atom. The molecule has 3 aromatic rings. The topological polar surface area (TPSA) is 12.9 Å². The third-order valence-electron chi connectivity index (χ3n) is 3.60. The van der Waals surface area contributed by atoms with Gasteiger partial charge < -0.3 is 0 Å². The van der Waals surface area contributed by atoms with Crippen LogP contribution in [0.15, 0.2) is 43.0 Å². The maximum Gasteiger partial charge on any atom is 0.129 e. The molecule has 0 aliphatic heterocycles. The zero-order valence-corrected chi connectivity index (χ0v) is 12.6. The van der Waals surface area contributed by atoms with Crippen molar-refractivity contribution in [1.29, 1.82) is 0 Å². The third-order valence-corrected chi connectivity index (χ3v) is 3.91. The van der Waals surface area contributed by atoms with Crippen molar-refractivity contribution in [2.24, 2.45) is 0 Å². The van der Waals surface area contributed by atoms with Gasteiger partial charge in [-0.05, 0) is 36.8 Å². The number of pyridine rings is 1. The monoisotopic (exact) mass is 315 g/mol. The van der Waals surface area contributed by atoms with E-state index in [9.17, 15) is 8.78 Å². The SMILES string of the molecule is C=Cc1ccc2c(Cl)cc(-c3cc(F)c(C)c(F)c3)nc2c1. The number of hydrogen-bond donors (Lipinski definition) is 0. The first-order valence-corrected chi connectivity index (χ1v) is 7.06. The van der Waals surface area contributed by atoms with Gasteiger partial charge in [0.1, 0.15) is 11.6 Å². The van der Waals surface area contributed by atoms with Gasteiger partial charge in [0.05, 0.1) is 16.2 Å². The number of nitrogens with zero attached hydrogens (tertiary/aromatic N) is 1. The molecule has 0 aliphatic carbocycles. The van der Waals surface area contributed by atoms with Crippen molar-refractivity contribution < 1.29 is 8.78 Å². The lowest BCUT2D eigenvalue weighted by molar-refractivity contribution is 0.569. The van der Waals surface area contributed by atoms with Crippen LogP contribution < -0.4 is 0 Å². The quantitative estimate of drug-likeness (QED) is 0.583. The Morgan fingerprint density at radius 3 is 2.41 bits per heavy atom. The van der Waals surface area contributed by atoms with E-state index in [-0.39, 0.29) is 5.56 Å². The highest BCUT2D eigenvalue weighted by molar-refractivity contribution is 6.35. The molecule has 0 amide bonds. The lowest BCUT2D eigenvalue weighted by Crippen LogP contribution is -1.93. The largest absolute Gasteiger partial charge is 0.248 e. The van der Waals surface area contributed by atoms with Gasteiger partial charge in [-0.3, -0.25) is 0 Å². The maximum atomic E-state index is 13.7. The lowest BCUT2D eigenvalue weighted by Gasteiger charge is -2.08. The number of fused-ring (bicyclic) bond motifs is 1. The van der Waals surface area contributed by atoms with E-state index < -0.39 is 11.6 Å². The summed E-state index contributed by atoms with van der Waals surface area (Å²) in [5.74, 6) is -1.21. The van der Waals surface area contributed by atoms with Gasteiger partial charge in [0.15, 0.2) is 0 Å². The van der Waals surface area contributed by atoms with E-state index in [2.05, 4.69) is 11.6 Å². The minimum Gasteiger partial charge on any atom is -0.248 e. The smallest absolute Gasteiger partial charge is 0.129 e. The minimum absolute atomic E-state index is 0.00965. The number of hydrogen-bond acceptors (Lipinski definition) is 1. The van der Waals surface area contributed by atoms with Crippen LogP contribution in [0.4, 0.5) is 8.78 Å². The summed E-state index contributed by atoms with van der Waals surface area (Å²) in [4.78, 5) is 4.46. The highest BCUT2D eigenvalue weighted by Gasteiger charge is 2.11. The molecule has 4 heteroatoms. The van der Waals surface area contributed by atoms with E-state index in [4.69, 9.17) is 11.6 Å². The van der Waals surface area contributed by atoms with Gasteiger partial charge in [0.2, 0.25) is 0 Å². The Morgan fingerprint density at radius 2 is 1.77 bits per heavy atom. The molecule has 2 aromatic carbocycles. The number of rotatable bonds is 2. The van der Waals surface area contributed by atoms with Gasteiger partial charge in [-0.2, -0.15) is 0 Å². The molecule has 1 aromatic heterocycles. The van der Waals surface area contributed by atoms with Crippen molar-refractivity contribution >= 4 is 28.6 Å². The molecule has 0 spiro atoms. The molecule has 0 atom stereocenters. The first-order valence-electron chi connectivity index (χ1n) is 6.68. The highest BCUT2D eigenvalue weighted by Crippen LogP contribution is 2.30. The van der Waals surface area contributed by atoms with E-state index in [0.29, 0.717) is 21.8 Å². The second-order valence-corrected chi connectivity index (χ2v) is 5.44. The van der Waals surface area contributed by atoms with Crippen molar-refractivity contribution in [3.8, 4) is 11.3 Å². The van der Waals surface area contributed by atoms with Crippen LogP contribution in [0.3, 0.4) is 0 Å². The summed E-state index contributed by atoms with van der Waals surface area (Å²) in [6, 6.07) is 9.70. The van der Waals surface area contributed by atoms with Crippen LogP contribution >= 0.6 is 11.6 Å². The van der Waals surface area contributed by atoms with Crippen LogP contribution in [0.25, 0.3) is 28.2 Å². The molecule has 0 N–H and O–H groups in total. The van der Waals surface area contributed by atoms with Gasteiger partial charge in [0.25, 0.3) is 0 Å². The van der Waals surface area contributed by atoms with Crippen LogP contribution in [-0.2, 0) is 0 Å². The van der Waals surface area contributed by atoms with Crippen molar-refractivity contribution in [1.82, 2.24) is 4.98 Å². The molecule has 0 fully saturated rings. The Hall–Kier alpha value is -2.26. The van der Waals surface area contributed by atoms with Gasteiger partial charge in [-0.25, -0.2) is 13.8 Å². The van der Waals surface area contributed by atoms with Crippen LogP contribution in [0.1, 0.15) is 11.1 Å². The number of halogens is 3. The van der Waals surface area contributed by atoms with Gasteiger partial charge in [-0.1, -0.05) is 36.4 Å². The molecular formula is C18H12ClF2N. The molecule has 0 saturated carbocycles. The molecule has 22 heavy (non-hydrogen) atoms. The fourth-order valence-corrected chi connectivity index (χ4v) is 2.53. The predicted molar refractivity (Wildman–Crippen MR) is 86.9 cm³/mol. The second kappa shape index (κ2) is 5.50. The summed E-state index contributed by atoms with van der Waals surface area (Å²) in [6.45, 7) is 5.11. The zero-order chi connectivity index (χ0) is 15.9. The molecule has 110 valence electrons. The molecular weight excluding hydrogens is 304 g/mol. The molecule has 0 saturated heterocycles. The molecule has 0 aliphatic rings. The summed E-state index contributed by atoms with van der Waals surface area (Å²) in [6.07, 6.45) is 1.70. The van der Waals surface area contributed by atoms with Crippen molar-refractivity contribution in [2.45, 2.75) is 6.92 Å². The van der Waals surface area contributed by atoms with E-state index in [1.54, 1.807) is 12.1 Å². The fraction of sp³-hybridized carbons (Fsp3) is 0.0556. The Balaban J connectivity index is 2.25. The van der Waals surface area contributed by atoms with Crippen molar-refractivity contribution in [3.63, 3.8) is 0 Å². The van der Waals surface area contributed by atoms with E-state index in [1.807, 2.05) is 18.2 Å². The van der Waals surface area contributed by atoms with Crippen LogP contribution in [0, 0.1) is 18.6 Å². The first kappa shape index (κ1) is 14.7. The highest BCUT2D eigenvalue weighted by atomic mass is 35.5. The molecule has 1 nitrogen and oxygen atoms in total. The molecule has 0 radical (unpaired) electrons. The Kier molecular flexibility index (Phi) is 3.67. The first-order chi connectivity index (χ1) is 10.5. The average Bonchev–Trinajstić information content (AvgIpc) is 2.51. The minimum atomic E-state index is -0.604. The molecule has 0 unspecified atom stereocenters. The average molecular weight is 316 g/mol. The Labute approximate surface area is 131 Å². The van der Waals surface area contributed by atoms with E-state index >= 15 is 0 Å². The molecule has 3 rings (SSSR count). The lowest BCUT2D eigenvalue weighted by atomic mass is 10.1. The fourth-order valence-electron chi connectivity index (χ4n) is 2.27. The van der Waals surface area contributed by atoms with E-state index in [0.717, 1.165) is 10.9 Å². The molecule has 0 bridgehead atoms. The van der Waals surface area contributed by atoms with Crippen LogP contribution in [0.5, 0.6) is 0 Å². The summed E-state index contributed by atoms with van der Waals surface area (Å²) in [5, 5.41) is 1.26. The summed E-state index contributed by atoms with van der Waals surface area (Å²) in [5.41, 5.74) is 2.32. The Bertz CT molecular complexity index is 880. The van der Waals surface area contributed by atoms with Gasteiger partial charge >= 0.3 is 0 Å². The second-order valence-electron chi connectivity index (χ2n) is 5.03. The summed E-state index contributed by atoms with van der Waals surface area (Å²) in [7, 11) is 0. The standard InChI is InChI=1S/C18H12ClF2N/c1-3-11-4-5-13-14(19)9-17(22-18(13)6-11)12-7-15(20)10(2)16(21)8-12/h3-9H,1H2,2H3. The summed E-state index contributed by atoms with van der Waals surface area (Å²) >= 11 is 6.27. The van der Waals surface area contributed by atoms with Crippen LogP contribution in [0.2, 0.25) is 5.02 Å². The van der Waals surface area contributed by atoms with Crippen molar-refractivity contribution in [2.75, 3.05) is 0 Å². The van der Waals surface area contributed by atoms with Crippen molar-refractivity contribution in [3.05, 3.63) is 70.8 Å². The van der Waals surface area contributed by atoms with Crippen LogP contribution in [-0.4, -0.2) is 4.98 Å². The molecule has 1 heterocycles. The zero-order valence-electron chi connectivity index (χ0n) is 11.8. The normalized spacial score (nSPS) is 10.9. The van der Waals surface area contributed by atoms with Gasteiger partial charge in [-0.15, -0.1) is 0 Å². The number of aromatic nitrogens is 1.